The third-order valence-corrected chi connectivity index (χ3v) is 5.86. The van der Waals surface area contributed by atoms with E-state index in [1.165, 1.54) is 0 Å². The third kappa shape index (κ3) is 8.64. The molecule has 0 heterocycles. The summed E-state index contributed by atoms with van der Waals surface area (Å²) >= 11 is 6.28. The van der Waals surface area contributed by atoms with Gasteiger partial charge >= 0.3 is 18.9 Å². The normalized spacial score (nSPS) is 11.2. The van der Waals surface area contributed by atoms with Crippen LogP contribution in [0, 0.1) is 18.8 Å². The van der Waals surface area contributed by atoms with E-state index < -0.39 is 0 Å². The second-order valence-electron chi connectivity index (χ2n) is 8.04. The Morgan fingerprint density at radius 2 is 1.63 bits per heavy atom. The topological polar surface area (TPSA) is 35.5 Å². The molecule has 2 aromatic rings. The second kappa shape index (κ2) is 13.4. The molecular formula is C24H31ClLiO3P. The molecule has 0 atom stereocenters. The van der Waals surface area contributed by atoms with Gasteiger partial charge in [-0.25, -0.2) is 0 Å². The molecule has 158 valence electrons. The number of carbonyl (C=O) groups excluding carboxylic acids is 1. The molecule has 0 unspecified atom stereocenters. The Hall–Kier alpha value is -0.973. The summed E-state index contributed by atoms with van der Waals surface area (Å²) < 4.78 is 11.9. The summed E-state index contributed by atoms with van der Waals surface area (Å²) in [4.78, 5) is 12.9. The smallest absolute Gasteiger partial charge is 0.496 e. The zero-order valence-electron chi connectivity index (χ0n) is 19.0. The van der Waals surface area contributed by atoms with Crippen LogP contribution >= 0.6 is 20.2 Å². The van der Waals surface area contributed by atoms with Crippen molar-refractivity contribution in [1.29, 1.82) is 0 Å². The minimum Gasteiger partial charge on any atom is -0.496 e. The molecule has 30 heavy (non-hydrogen) atoms. The van der Waals surface area contributed by atoms with E-state index >= 15 is 0 Å². The van der Waals surface area contributed by atoms with E-state index in [0.717, 1.165) is 29.5 Å². The average Bonchev–Trinajstić information content (AvgIpc) is 2.63. The summed E-state index contributed by atoms with van der Waals surface area (Å²) in [6, 6.07) is 11.2. The fraction of sp³-hybridized carbons (Fsp3) is 0.458. The molecule has 2 aromatic carbocycles. The Labute approximate surface area is 200 Å². The van der Waals surface area contributed by atoms with Crippen LogP contribution in [0.15, 0.2) is 36.4 Å². The van der Waals surface area contributed by atoms with Gasteiger partial charge in [-0.2, -0.15) is 5.30 Å². The predicted molar refractivity (Wildman–Crippen MR) is 123 cm³/mol. The van der Waals surface area contributed by atoms with Gasteiger partial charge in [0.25, 0.3) is 0 Å². The van der Waals surface area contributed by atoms with Crippen molar-refractivity contribution in [2.75, 3.05) is 13.2 Å². The van der Waals surface area contributed by atoms with Gasteiger partial charge in [0, 0.05) is 22.2 Å². The van der Waals surface area contributed by atoms with Crippen molar-refractivity contribution in [2.45, 2.75) is 47.5 Å². The number of aryl methyl sites for hydroxylation is 1. The van der Waals surface area contributed by atoms with Crippen LogP contribution in [0.1, 0.15) is 56.5 Å². The fourth-order valence-electron chi connectivity index (χ4n) is 2.68. The SMILES string of the molecule is Cc1cccc(Cl)c1C(=O)[P-]c1ccc(OCCC(C)C)cc1OCCC(C)C.[Li+]. The van der Waals surface area contributed by atoms with E-state index in [1.54, 1.807) is 6.07 Å². The summed E-state index contributed by atoms with van der Waals surface area (Å²) in [5.74, 6) is 2.61. The number of hydrogen-bond acceptors (Lipinski definition) is 3. The molecule has 0 N–H and O–H groups in total. The number of rotatable bonds is 11. The average molecular weight is 441 g/mol. The molecule has 0 saturated heterocycles. The summed E-state index contributed by atoms with van der Waals surface area (Å²) in [6.07, 6.45) is 1.94. The van der Waals surface area contributed by atoms with Crippen molar-refractivity contribution in [3.8, 4) is 11.5 Å². The van der Waals surface area contributed by atoms with Gasteiger partial charge in [0.15, 0.2) is 0 Å². The summed E-state index contributed by atoms with van der Waals surface area (Å²) in [5.41, 5.74) is 1.42. The Balaban J connectivity index is 0.00000450. The van der Waals surface area contributed by atoms with Crippen LogP contribution in [-0.4, -0.2) is 18.7 Å². The first-order chi connectivity index (χ1) is 13.8. The van der Waals surface area contributed by atoms with Gasteiger partial charge in [-0.1, -0.05) is 57.5 Å². The predicted octanol–water partition coefficient (Wildman–Crippen LogP) is 3.91. The first-order valence-corrected chi connectivity index (χ1v) is 11.5. The first-order valence-electron chi connectivity index (χ1n) is 10.2. The van der Waals surface area contributed by atoms with Crippen LogP contribution in [0.25, 0.3) is 0 Å². The van der Waals surface area contributed by atoms with Gasteiger partial charge in [-0.15, -0.1) is 0 Å². The standard InChI is InChI=1S/C24H31ClO3P.Li/c1-16(2)11-13-27-19-9-10-22(21(15-19)28-14-12-17(3)4)29-24(26)23-18(5)7-6-8-20(23)25;/h6-10,15-17H,11-14H2,1-5H3;/q-1;+1. The van der Waals surface area contributed by atoms with Crippen molar-refractivity contribution < 1.29 is 33.1 Å². The van der Waals surface area contributed by atoms with Crippen molar-refractivity contribution >= 4 is 31.0 Å². The van der Waals surface area contributed by atoms with E-state index in [2.05, 4.69) is 27.7 Å². The molecule has 0 bridgehead atoms. The summed E-state index contributed by atoms with van der Waals surface area (Å²) in [6.45, 7) is 11.9. The Morgan fingerprint density at radius 1 is 1.00 bits per heavy atom. The summed E-state index contributed by atoms with van der Waals surface area (Å²) in [7, 11) is 0.544. The number of ether oxygens (including phenoxy) is 2. The Kier molecular flexibility index (Phi) is 12.1. The maximum atomic E-state index is 12.9. The summed E-state index contributed by atoms with van der Waals surface area (Å²) in [5, 5.41) is 1.31. The van der Waals surface area contributed by atoms with Crippen LogP contribution in [0.4, 0.5) is 0 Å². The van der Waals surface area contributed by atoms with Crippen molar-refractivity contribution in [3.63, 3.8) is 0 Å². The quantitative estimate of drug-likeness (QED) is 0.392. The monoisotopic (exact) mass is 440 g/mol. The van der Waals surface area contributed by atoms with Gasteiger partial charge in [0.2, 0.25) is 0 Å². The van der Waals surface area contributed by atoms with Gasteiger partial charge in [0.05, 0.1) is 19.0 Å². The van der Waals surface area contributed by atoms with E-state index in [1.807, 2.05) is 37.3 Å². The zero-order chi connectivity index (χ0) is 21.4. The van der Waals surface area contributed by atoms with Crippen LogP contribution in [0.3, 0.4) is 0 Å². The molecule has 0 amide bonds. The van der Waals surface area contributed by atoms with Crippen LogP contribution < -0.4 is 33.6 Å². The van der Waals surface area contributed by atoms with Crippen LogP contribution in [-0.2, 0) is 0 Å². The van der Waals surface area contributed by atoms with Crippen molar-refractivity contribution in [3.05, 3.63) is 52.5 Å². The zero-order valence-corrected chi connectivity index (χ0v) is 20.6. The molecule has 0 aliphatic rings. The Morgan fingerprint density at radius 3 is 2.23 bits per heavy atom. The molecule has 0 aliphatic heterocycles. The molecule has 6 heteroatoms. The first kappa shape index (κ1) is 27.1. The van der Waals surface area contributed by atoms with Crippen LogP contribution in [0.5, 0.6) is 11.5 Å². The number of hydrogen-bond donors (Lipinski definition) is 0. The maximum absolute atomic E-state index is 12.9. The molecule has 2 rings (SSSR count). The van der Waals surface area contributed by atoms with Crippen molar-refractivity contribution in [1.82, 2.24) is 0 Å². The van der Waals surface area contributed by atoms with E-state index in [-0.39, 0.29) is 24.4 Å². The van der Waals surface area contributed by atoms with E-state index in [9.17, 15) is 4.79 Å². The number of carbonyl (C=O) groups is 1. The number of halogens is 1. The molecule has 0 saturated carbocycles. The van der Waals surface area contributed by atoms with Gasteiger partial charge in [-0.3, -0.25) is 0 Å². The third-order valence-electron chi connectivity index (χ3n) is 4.51. The second-order valence-corrected chi connectivity index (χ2v) is 9.56. The molecule has 0 aliphatic carbocycles. The van der Waals surface area contributed by atoms with Gasteiger partial charge in [-0.05, 0) is 49.3 Å². The molecule has 0 radical (unpaired) electrons. The van der Waals surface area contributed by atoms with E-state index in [4.69, 9.17) is 21.1 Å². The maximum Gasteiger partial charge on any atom is 1.00 e. The molecule has 0 aromatic heterocycles. The largest absolute Gasteiger partial charge is 1.00 e. The van der Waals surface area contributed by atoms with E-state index in [0.29, 0.717) is 50.0 Å². The van der Waals surface area contributed by atoms with Crippen molar-refractivity contribution in [2.24, 2.45) is 11.8 Å². The van der Waals surface area contributed by atoms with Gasteiger partial charge in [0.1, 0.15) is 5.75 Å². The molecular weight excluding hydrogens is 410 g/mol. The number of benzene rings is 2. The molecule has 3 nitrogen and oxygen atoms in total. The fourth-order valence-corrected chi connectivity index (χ4v) is 4.07. The molecule has 0 spiro atoms. The minimum atomic E-state index is -0.0321. The van der Waals surface area contributed by atoms with Gasteiger partial charge < -0.3 is 22.8 Å². The molecule has 0 fully saturated rings. The minimum absolute atomic E-state index is 0. The van der Waals surface area contributed by atoms with Crippen LogP contribution in [0.2, 0.25) is 5.02 Å². The Bertz CT molecular complexity index is 804.